The lowest BCUT2D eigenvalue weighted by Gasteiger charge is -2.37. The van der Waals surface area contributed by atoms with Gasteiger partial charge >= 0.3 is 5.97 Å². The largest absolute Gasteiger partial charge is 0.462 e. The van der Waals surface area contributed by atoms with E-state index in [9.17, 15) is 19.7 Å². The summed E-state index contributed by atoms with van der Waals surface area (Å²) in [6, 6.07) is 3.61. The van der Waals surface area contributed by atoms with E-state index in [2.05, 4.69) is 5.32 Å². The molecule has 0 amide bonds. The van der Waals surface area contributed by atoms with Crippen LogP contribution in [-0.2, 0) is 4.74 Å². The topological polar surface area (TPSA) is 107 Å². The van der Waals surface area contributed by atoms with Crippen LogP contribution in [0.4, 0.5) is 11.4 Å². The van der Waals surface area contributed by atoms with Gasteiger partial charge in [0.15, 0.2) is 0 Å². The summed E-state index contributed by atoms with van der Waals surface area (Å²) in [5.41, 5.74) is 0.393. The molecule has 4 rings (SSSR count). The van der Waals surface area contributed by atoms with Gasteiger partial charge in [-0.3, -0.25) is 14.9 Å². The number of nitrogens with one attached hydrogen (secondary N) is 1. The van der Waals surface area contributed by atoms with Crippen molar-refractivity contribution < 1.29 is 14.5 Å². The minimum atomic E-state index is -0.699. The number of nitro benzene ring substituents is 1. The Morgan fingerprint density at radius 1 is 1.27 bits per heavy atom. The molecule has 2 atom stereocenters. The van der Waals surface area contributed by atoms with E-state index in [1.807, 2.05) is 23.3 Å². The van der Waals surface area contributed by atoms with Crippen molar-refractivity contribution in [1.82, 2.24) is 9.88 Å². The average Bonchev–Trinajstić information content (AvgIpc) is 3.52. The van der Waals surface area contributed by atoms with E-state index in [1.54, 1.807) is 19.2 Å². The van der Waals surface area contributed by atoms with Crippen molar-refractivity contribution in [3.05, 3.63) is 44.2 Å². The second kappa shape index (κ2) is 7.71. The summed E-state index contributed by atoms with van der Waals surface area (Å²) >= 11 is 0. The second-order valence-corrected chi connectivity index (χ2v) is 8.22. The highest BCUT2D eigenvalue weighted by Crippen LogP contribution is 2.40. The van der Waals surface area contributed by atoms with Crippen LogP contribution in [0.2, 0.25) is 0 Å². The Bertz CT molecular complexity index is 1070. The fourth-order valence-electron chi connectivity index (χ4n) is 4.31. The minimum absolute atomic E-state index is 0.0808. The number of hydrogen-bond acceptors (Lipinski definition) is 7. The number of carbonyl (C=O) groups is 1. The van der Waals surface area contributed by atoms with Gasteiger partial charge < -0.3 is 19.5 Å². The molecule has 1 saturated heterocycles. The summed E-state index contributed by atoms with van der Waals surface area (Å²) in [7, 11) is 0. The molecular weight excluding hydrogens is 388 g/mol. The van der Waals surface area contributed by atoms with Crippen LogP contribution in [0.15, 0.2) is 23.1 Å². The number of hydrogen-bond donors (Lipinski definition) is 1. The van der Waals surface area contributed by atoms with Crippen molar-refractivity contribution in [3.63, 3.8) is 0 Å². The summed E-state index contributed by atoms with van der Waals surface area (Å²) in [6.45, 7) is 7.17. The van der Waals surface area contributed by atoms with Crippen molar-refractivity contribution in [2.24, 2.45) is 0 Å². The molecule has 9 heteroatoms. The Hall–Kier alpha value is -2.94. The number of pyridine rings is 1. The van der Waals surface area contributed by atoms with E-state index in [1.165, 1.54) is 6.07 Å². The zero-order valence-electron chi connectivity index (χ0n) is 17.4. The predicted molar refractivity (Wildman–Crippen MR) is 113 cm³/mol. The number of nitrogens with zero attached hydrogens (tertiary/aromatic N) is 3. The number of rotatable bonds is 5. The lowest BCUT2D eigenvalue weighted by atomic mass is 10.1. The highest BCUT2D eigenvalue weighted by Gasteiger charge is 2.31. The van der Waals surface area contributed by atoms with Gasteiger partial charge in [0.05, 0.1) is 22.4 Å². The second-order valence-electron chi connectivity index (χ2n) is 8.22. The molecule has 1 aromatic carbocycles. The maximum absolute atomic E-state index is 13.0. The normalized spacial score (nSPS) is 21.6. The molecule has 2 fully saturated rings. The van der Waals surface area contributed by atoms with Crippen LogP contribution in [0, 0.1) is 10.1 Å². The van der Waals surface area contributed by atoms with Crippen molar-refractivity contribution in [3.8, 4) is 0 Å². The lowest BCUT2D eigenvalue weighted by molar-refractivity contribution is -0.384. The number of esters is 1. The highest BCUT2D eigenvalue weighted by molar-refractivity contribution is 5.96. The number of benzene rings is 1. The van der Waals surface area contributed by atoms with Gasteiger partial charge in [-0.05, 0) is 39.7 Å². The molecule has 0 spiro atoms. The van der Waals surface area contributed by atoms with Gasteiger partial charge in [0.1, 0.15) is 11.3 Å². The summed E-state index contributed by atoms with van der Waals surface area (Å²) in [5, 5.41) is 15.5. The SMILES string of the molecule is CCOC(=O)c1cn(C2CC2)c2cc(N3C[C@@H](C)N[C@@H](C)C3)c([N+](=O)[O-])cc2c1=O. The molecule has 1 saturated carbocycles. The highest BCUT2D eigenvalue weighted by atomic mass is 16.6. The molecule has 0 bridgehead atoms. The summed E-state index contributed by atoms with van der Waals surface area (Å²) in [4.78, 5) is 38.8. The molecule has 2 aromatic rings. The molecule has 2 heterocycles. The van der Waals surface area contributed by atoms with E-state index in [0.717, 1.165) is 12.8 Å². The third-order valence-corrected chi connectivity index (χ3v) is 5.66. The Labute approximate surface area is 173 Å². The zero-order valence-corrected chi connectivity index (χ0v) is 17.4. The van der Waals surface area contributed by atoms with Gasteiger partial charge in [-0.1, -0.05) is 0 Å². The first kappa shape index (κ1) is 20.3. The number of fused-ring (bicyclic) bond motifs is 1. The Morgan fingerprint density at radius 2 is 1.93 bits per heavy atom. The number of piperazine rings is 1. The molecule has 0 radical (unpaired) electrons. The van der Waals surface area contributed by atoms with Crippen LogP contribution in [0.25, 0.3) is 10.9 Å². The van der Waals surface area contributed by atoms with E-state index in [-0.39, 0.29) is 41.4 Å². The van der Waals surface area contributed by atoms with E-state index >= 15 is 0 Å². The molecule has 2 aliphatic rings. The van der Waals surface area contributed by atoms with Crippen LogP contribution in [0.3, 0.4) is 0 Å². The molecule has 30 heavy (non-hydrogen) atoms. The molecule has 0 unspecified atom stereocenters. The Balaban J connectivity index is 1.94. The van der Waals surface area contributed by atoms with E-state index < -0.39 is 16.3 Å². The molecule has 1 aromatic heterocycles. The predicted octanol–water partition coefficient (Wildman–Crippen LogP) is 2.61. The van der Waals surface area contributed by atoms with Crippen molar-refractivity contribution in [2.45, 2.75) is 51.7 Å². The third-order valence-electron chi connectivity index (χ3n) is 5.66. The van der Waals surface area contributed by atoms with Crippen LogP contribution in [-0.4, -0.2) is 47.2 Å². The van der Waals surface area contributed by atoms with Gasteiger partial charge in [-0.25, -0.2) is 4.79 Å². The van der Waals surface area contributed by atoms with Gasteiger partial charge in [0.2, 0.25) is 5.43 Å². The number of anilines is 1. The van der Waals surface area contributed by atoms with Gasteiger partial charge in [-0.15, -0.1) is 0 Å². The number of nitro groups is 1. The monoisotopic (exact) mass is 414 g/mol. The van der Waals surface area contributed by atoms with Crippen LogP contribution in [0.5, 0.6) is 0 Å². The first-order chi connectivity index (χ1) is 14.3. The smallest absolute Gasteiger partial charge is 0.343 e. The van der Waals surface area contributed by atoms with Crippen LogP contribution >= 0.6 is 0 Å². The number of carbonyl (C=O) groups excluding carboxylic acids is 1. The van der Waals surface area contributed by atoms with Crippen LogP contribution < -0.4 is 15.6 Å². The minimum Gasteiger partial charge on any atom is -0.462 e. The summed E-state index contributed by atoms with van der Waals surface area (Å²) in [6.07, 6.45) is 3.43. The van der Waals surface area contributed by atoms with E-state index in [4.69, 9.17) is 4.74 Å². The molecule has 160 valence electrons. The standard InChI is InChI=1S/C21H26N4O5/c1-4-30-21(27)16-11-24(14-5-6-14)17-8-18(23-9-12(2)22-13(3)10-23)19(25(28)29)7-15(17)20(16)26/h7-8,11-14,22H,4-6,9-10H2,1-3H3/t12-,13+. The molecule has 1 aliphatic heterocycles. The first-order valence-electron chi connectivity index (χ1n) is 10.4. The van der Waals surface area contributed by atoms with Crippen molar-refractivity contribution >= 4 is 28.2 Å². The first-order valence-corrected chi connectivity index (χ1v) is 10.4. The molecular formula is C21H26N4O5. The van der Waals surface area contributed by atoms with Gasteiger partial charge in [0.25, 0.3) is 5.69 Å². The van der Waals surface area contributed by atoms with Crippen LogP contribution in [0.1, 0.15) is 50.0 Å². The summed E-state index contributed by atoms with van der Waals surface area (Å²) < 4.78 is 6.94. The quantitative estimate of drug-likeness (QED) is 0.455. The average molecular weight is 414 g/mol. The summed E-state index contributed by atoms with van der Waals surface area (Å²) in [5.74, 6) is -0.699. The Kier molecular flexibility index (Phi) is 5.23. The fourth-order valence-corrected chi connectivity index (χ4v) is 4.31. The number of ether oxygens (including phenoxy) is 1. The number of aromatic nitrogens is 1. The molecule has 9 nitrogen and oxygen atoms in total. The maximum Gasteiger partial charge on any atom is 0.343 e. The fraction of sp³-hybridized carbons (Fsp3) is 0.524. The Morgan fingerprint density at radius 3 is 2.50 bits per heavy atom. The van der Waals surface area contributed by atoms with Gasteiger partial charge in [0, 0.05) is 43.5 Å². The van der Waals surface area contributed by atoms with Crippen molar-refractivity contribution in [1.29, 1.82) is 0 Å². The van der Waals surface area contributed by atoms with Gasteiger partial charge in [-0.2, -0.15) is 0 Å². The zero-order chi connectivity index (χ0) is 21.6. The maximum atomic E-state index is 13.0. The third kappa shape index (κ3) is 3.65. The van der Waals surface area contributed by atoms with E-state index in [0.29, 0.717) is 24.3 Å². The lowest BCUT2D eigenvalue weighted by Crippen LogP contribution is -2.54. The molecule has 1 N–H and O–H groups in total. The molecule has 1 aliphatic carbocycles. The van der Waals surface area contributed by atoms with Crippen molar-refractivity contribution in [2.75, 3.05) is 24.6 Å².